The van der Waals surface area contributed by atoms with E-state index in [2.05, 4.69) is 4.98 Å². The Labute approximate surface area is 120 Å². The van der Waals surface area contributed by atoms with Crippen LogP contribution in [0, 0.1) is 0 Å². The zero-order valence-electron chi connectivity index (χ0n) is 11.6. The smallest absolute Gasteiger partial charge is 0.399 e. The second-order valence-corrected chi connectivity index (χ2v) is 6.65. The highest BCUT2D eigenvalue weighted by atomic mass is 32.2. The molecule has 0 bridgehead atoms. The van der Waals surface area contributed by atoms with Crippen molar-refractivity contribution in [1.29, 1.82) is 0 Å². The minimum absolute atomic E-state index is 0.0993. The fraction of sp³-hybridized carbons (Fsp3) is 0.583. The lowest BCUT2D eigenvalue weighted by Crippen LogP contribution is -2.41. The lowest BCUT2D eigenvalue weighted by molar-refractivity contribution is -0.0329. The number of hydrogen-bond acceptors (Lipinski definition) is 4. The Bertz CT molecular complexity index is 474. The van der Waals surface area contributed by atoms with E-state index in [0.29, 0.717) is 5.46 Å². The second kappa shape index (κ2) is 4.93. The van der Waals surface area contributed by atoms with Gasteiger partial charge in [-0.15, -0.1) is 0 Å². The molecule has 0 spiro atoms. The van der Waals surface area contributed by atoms with Crippen LogP contribution in [-0.4, -0.2) is 28.8 Å². The molecule has 0 aromatic carbocycles. The fourth-order valence-corrected chi connectivity index (χ4v) is 2.17. The van der Waals surface area contributed by atoms with Crippen molar-refractivity contribution in [1.82, 2.24) is 4.98 Å². The van der Waals surface area contributed by atoms with Crippen LogP contribution in [0.3, 0.4) is 0 Å². The lowest BCUT2D eigenvalue weighted by atomic mass is 9.80. The maximum absolute atomic E-state index is 12.2. The number of hydrogen-bond donors (Lipinski definition) is 0. The molecule has 0 unspecified atom stereocenters. The minimum atomic E-state index is -4.33. The summed E-state index contributed by atoms with van der Waals surface area (Å²) in [5.41, 5.74) is -4.71. The average Bonchev–Trinajstić information content (AvgIpc) is 2.47. The van der Waals surface area contributed by atoms with Crippen molar-refractivity contribution < 1.29 is 22.5 Å². The zero-order valence-corrected chi connectivity index (χ0v) is 12.4. The molecule has 8 heteroatoms. The first-order valence-electron chi connectivity index (χ1n) is 6.07. The summed E-state index contributed by atoms with van der Waals surface area (Å²) in [6, 6.07) is 2.86. The first-order valence-corrected chi connectivity index (χ1v) is 6.89. The van der Waals surface area contributed by atoms with E-state index in [-0.39, 0.29) is 16.8 Å². The first kappa shape index (κ1) is 15.7. The molecular formula is C12H15BF3NO2S. The predicted molar refractivity (Wildman–Crippen MR) is 71.9 cm³/mol. The van der Waals surface area contributed by atoms with E-state index in [4.69, 9.17) is 9.31 Å². The fourth-order valence-electron chi connectivity index (χ4n) is 1.69. The van der Waals surface area contributed by atoms with Gasteiger partial charge in [0.2, 0.25) is 0 Å². The Morgan fingerprint density at radius 2 is 1.65 bits per heavy atom. The highest BCUT2D eigenvalue weighted by molar-refractivity contribution is 8.00. The number of nitrogens with zero attached hydrogens (tertiary/aromatic N) is 1. The van der Waals surface area contributed by atoms with Crippen molar-refractivity contribution >= 4 is 24.3 Å². The number of rotatable bonds is 2. The van der Waals surface area contributed by atoms with Gasteiger partial charge in [0.15, 0.2) is 0 Å². The van der Waals surface area contributed by atoms with Gasteiger partial charge in [-0.05, 0) is 33.8 Å². The number of aromatic nitrogens is 1. The molecule has 1 aliphatic rings. The largest absolute Gasteiger partial charge is 0.496 e. The summed E-state index contributed by atoms with van der Waals surface area (Å²) in [6.45, 7) is 7.64. The van der Waals surface area contributed by atoms with E-state index < -0.39 is 23.8 Å². The maximum atomic E-state index is 12.2. The molecule has 20 heavy (non-hydrogen) atoms. The third kappa shape index (κ3) is 3.29. The van der Waals surface area contributed by atoms with Crippen LogP contribution in [0.1, 0.15) is 27.7 Å². The van der Waals surface area contributed by atoms with Crippen LogP contribution >= 0.6 is 11.8 Å². The van der Waals surface area contributed by atoms with E-state index in [1.165, 1.54) is 12.3 Å². The minimum Gasteiger partial charge on any atom is -0.399 e. The second-order valence-electron chi connectivity index (χ2n) is 5.57. The summed E-state index contributed by atoms with van der Waals surface area (Å²) >= 11 is -0.241. The SMILES string of the molecule is CC1(C)OB(c2ccc(SC(F)(F)F)nc2)OC1(C)C. The van der Waals surface area contributed by atoms with Gasteiger partial charge in [0.05, 0.1) is 11.2 Å². The molecule has 1 aromatic rings. The molecule has 0 saturated carbocycles. The van der Waals surface area contributed by atoms with Crippen molar-refractivity contribution in [2.75, 3.05) is 0 Å². The van der Waals surface area contributed by atoms with Gasteiger partial charge in [0.1, 0.15) is 5.03 Å². The zero-order chi connectivity index (χ0) is 15.2. The van der Waals surface area contributed by atoms with E-state index >= 15 is 0 Å². The van der Waals surface area contributed by atoms with Crippen LogP contribution in [0.4, 0.5) is 13.2 Å². The van der Waals surface area contributed by atoms with Gasteiger partial charge in [-0.3, -0.25) is 4.98 Å². The molecule has 1 saturated heterocycles. The van der Waals surface area contributed by atoms with E-state index in [1.807, 2.05) is 27.7 Å². The Morgan fingerprint density at radius 1 is 1.10 bits per heavy atom. The monoisotopic (exact) mass is 305 g/mol. The summed E-state index contributed by atoms with van der Waals surface area (Å²) in [7, 11) is -0.613. The Hall–Kier alpha value is -0.725. The topological polar surface area (TPSA) is 31.4 Å². The number of thioether (sulfide) groups is 1. The van der Waals surface area contributed by atoms with E-state index in [1.54, 1.807) is 6.07 Å². The quantitative estimate of drug-likeness (QED) is 0.621. The van der Waals surface area contributed by atoms with Crippen LogP contribution < -0.4 is 5.46 Å². The molecule has 2 rings (SSSR count). The third-order valence-electron chi connectivity index (χ3n) is 3.50. The van der Waals surface area contributed by atoms with Crippen molar-refractivity contribution in [3.63, 3.8) is 0 Å². The van der Waals surface area contributed by atoms with E-state index in [9.17, 15) is 13.2 Å². The van der Waals surface area contributed by atoms with Crippen molar-refractivity contribution in [2.45, 2.75) is 49.4 Å². The number of alkyl halides is 3. The van der Waals surface area contributed by atoms with Crippen LogP contribution in [-0.2, 0) is 9.31 Å². The van der Waals surface area contributed by atoms with Gasteiger partial charge in [-0.1, -0.05) is 6.07 Å². The van der Waals surface area contributed by atoms with Crippen LogP contribution in [0.2, 0.25) is 0 Å². The molecule has 3 nitrogen and oxygen atoms in total. The third-order valence-corrected chi connectivity index (χ3v) is 4.19. The van der Waals surface area contributed by atoms with Crippen molar-refractivity contribution in [2.24, 2.45) is 0 Å². The maximum Gasteiger partial charge on any atom is 0.496 e. The number of pyridine rings is 1. The summed E-state index contributed by atoms with van der Waals surface area (Å²) in [5, 5.41) is -0.0993. The molecule has 0 aliphatic carbocycles. The molecule has 0 radical (unpaired) electrons. The molecule has 1 aliphatic heterocycles. The molecule has 0 N–H and O–H groups in total. The average molecular weight is 305 g/mol. The summed E-state index contributed by atoms with van der Waals surface area (Å²) in [6.07, 6.45) is 1.36. The Morgan fingerprint density at radius 3 is 2.05 bits per heavy atom. The van der Waals surface area contributed by atoms with Gasteiger partial charge < -0.3 is 9.31 Å². The van der Waals surface area contributed by atoms with Gasteiger partial charge in [0.25, 0.3) is 0 Å². The number of halogens is 3. The summed E-state index contributed by atoms with van der Waals surface area (Å²) < 4.78 is 48.3. The van der Waals surface area contributed by atoms with Gasteiger partial charge in [-0.25, -0.2) is 0 Å². The summed E-state index contributed by atoms with van der Waals surface area (Å²) in [4.78, 5) is 3.79. The lowest BCUT2D eigenvalue weighted by Gasteiger charge is -2.32. The van der Waals surface area contributed by atoms with Gasteiger partial charge in [0, 0.05) is 23.4 Å². The first-order chi connectivity index (χ1) is 9.00. The molecule has 1 fully saturated rings. The van der Waals surface area contributed by atoms with Gasteiger partial charge in [-0.2, -0.15) is 13.2 Å². The highest BCUT2D eigenvalue weighted by Crippen LogP contribution is 2.37. The van der Waals surface area contributed by atoms with Crippen molar-refractivity contribution in [3.05, 3.63) is 18.3 Å². The molecule has 0 atom stereocenters. The Balaban J connectivity index is 2.12. The van der Waals surface area contributed by atoms with Crippen molar-refractivity contribution in [3.8, 4) is 0 Å². The molecular weight excluding hydrogens is 290 g/mol. The molecule has 110 valence electrons. The van der Waals surface area contributed by atoms with Gasteiger partial charge >= 0.3 is 12.6 Å². The van der Waals surface area contributed by atoms with E-state index in [0.717, 1.165) is 0 Å². The molecule has 1 aromatic heterocycles. The standard InChI is InChI=1S/C12H15BF3NO2S/c1-10(2)11(3,4)19-13(18-10)8-5-6-9(17-7-8)20-12(14,15)16/h5-7H,1-4H3. The summed E-state index contributed by atoms with van der Waals surface area (Å²) in [5.74, 6) is 0. The molecule has 2 heterocycles. The molecule has 0 amide bonds. The van der Waals surface area contributed by atoms with Crippen LogP contribution in [0.25, 0.3) is 0 Å². The van der Waals surface area contributed by atoms with Crippen LogP contribution in [0.5, 0.6) is 0 Å². The Kier molecular flexibility index (Phi) is 3.86. The predicted octanol–water partition coefficient (Wildman–Crippen LogP) is 2.99. The highest BCUT2D eigenvalue weighted by Gasteiger charge is 2.51. The van der Waals surface area contributed by atoms with Crippen LogP contribution in [0.15, 0.2) is 23.4 Å². The normalized spacial score (nSPS) is 21.2.